The monoisotopic (exact) mass is 324 g/mol. The van der Waals surface area contributed by atoms with Crippen LogP contribution in [0.2, 0.25) is 0 Å². The van der Waals surface area contributed by atoms with Crippen LogP contribution in [0, 0.1) is 17.6 Å². The van der Waals surface area contributed by atoms with Gasteiger partial charge in [0.05, 0.1) is 6.42 Å². The molecule has 0 saturated carbocycles. The molecule has 122 valence electrons. The Hall–Kier alpha value is -2.51. The molecule has 2 aliphatic rings. The molecule has 0 unspecified atom stereocenters. The minimum Gasteiger partial charge on any atom is -0.439 e. The number of likely N-dealkylation sites (tertiary alicyclic amines) is 1. The topological polar surface area (TPSA) is 66.9 Å². The van der Waals surface area contributed by atoms with Crippen LogP contribution in [0.15, 0.2) is 18.2 Å². The maximum Gasteiger partial charge on any atom is 0.417 e. The minimum atomic E-state index is -0.749. The van der Waals surface area contributed by atoms with E-state index in [1.165, 1.54) is 11.0 Å². The van der Waals surface area contributed by atoms with Crippen molar-refractivity contribution in [1.82, 2.24) is 9.80 Å². The summed E-state index contributed by atoms with van der Waals surface area (Å²) in [5, 5.41) is 0. The second kappa shape index (κ2) is 5.94. The molecule has 1 aromatic rings. The molecule has 2 saturated heterocycles. The Kier molecular flexibility index (Phi) is 3.97. The largest absolute Gasteiger partial charge is 0.439 e. The molecule has 23 heavy (non-hydrogen) atoms. The molecule has 2 heterocycles. The van der Waals surface area contributed by atoms with E-state index < -0.39 is 17.7 Å². The molecule has 0 spiro atoms. The molecule has 0 aromatic heterocycles. The van der Waals surface area contributed by atoms with Crippen molar-refractivity contribution in [3.8, 4) is 0 Å². The van der Waals surface area contributed by atoms with Gasteiger partial charge in [0.1, 0.15) is 11.6 Å². The van der Waals surface area contributed by atoms with Crippen molar-refractivity contribution in [3.63, 3.8) is 0 Å². The summed E-state index contributed by atoms with van der Waals surface area (Å²) in [6.07, 6.45) is -0.808. The summed E-state index contributed by atoms with van der Waals surface area (Å²) >= 11 is 0. The fourth-order valence-electron chi connectivity index (χ4n) is 2.64. The lowest BCUT2D eigenvalue weighted by Gasteiger charge is -2.40. The van der Waals surface area contributed by atoms with Crippen LogP contribution < -0.4 is 0 Å². The minimum absolute atomic E-state index is 0.00776. The summed E-state index contributed by atoms with van der Waals surface area (Å²) in [4.78, 5) is 37.3. The predicted molar refractivity (Wildman–Crippen MR) is 73.2 cm³/mol. The smallest absolute Gasteiger partial charge is 0.417 e. The summed E-state index contributed by atoms with van der Waals surface area (Å²) in [6.45, 7) is 0.752. The zero-order valence-electron chi connectivity index (χ0n) is 12.1. The van der Waals surface area contributed by atoms with Gasteiger partial charge in [-0.2, -0.15) is 0 Å². The zero-order valence-corrected chi connectivity index (χ0v) is 12.1. The van der Waals surface area contributed by atoms with Gasteiger partial charge in [0.2, 0.25) is 5.91 Å². The summed E-state index contributed by atoms with van der Waals surface area (Å²) in [6, 6.07) is 3.10. The highest BCUT2D eigenvalue weighted by Crippen LogP contribution is 2.21. The molecular formula is C15H14F2N2O4. The Morgan fingerprint density at radius 3 is 2.61 bits per heavy atom. The first kappa shape index (κ1) is 15.4. The van der Waals surface area contributed by atoms with Crippen LogP contribution >= 0.6 is 0 Å². The number of carbonyl (C=O) groups is 3. The Balaban J connectivity index is 1.50. The van der Waals surface area contributed by atoms with Gasteiger partial charge >= 0.3 is 6.09 Å². The SMILES string of the molecule is O=C(Cc1ccc(F)cc1F)N1CC(CN2C(=O)COC2=O)C1. The summed E-state index contributed by atoms with van der Waals surface area (Å²) in [7, 11) is 0. The first-order chi connectivity index (χ1) is 10.9. The average molecular weight is 324 g/mol. The van der Waals surface area contributed by atoms with Crippen molar-refractivity contribution < 1.29 is 27.9 Å². The molecule has 1 aromatic carbocycles. The van der Waals surface area contributed by atoms with Gasteiger partial charge in [-0.1, -0.05) is 6.07 Å². The standard InChI is InChI=1S/C15H14F2N2O4/c16-11-2-1-10(12(17)4-11)3-13(20)18-5-9(6-18)7-19-14(21)8-23-15(19)22/h1-2,4,9H,3,5-8H2. The molecule has 2 fully saturated rings. The molecule has 8 heteroatoms. The lowest BCUT2D eigenvalue weighted by atomic mass is 9.98. The maximum atomic E-state index is 13.5. The lowest BCUT2D eigenvalue weighted by Crippen LogP contribution is -2.54. The van der Waals surface area contributed by atoms with E-state index in [2.05, 4.69) is 4.74 Å². The van der Waals surface area contributed by atoms with E-state index in [0.29, 0.717) is 13.1 Å². The van der Waals surface area contributed by atoms with Crippen molar-refractivity contribution in [1.29, 1.82) is 0 Å². The number of hydrogen-bond acceptors (Lipinski definition) is 4. The van der Waals surface area contributed by atoms with E-state index in [1.54, 1.807) is 0 Å². The summed E-state index contributed by atoms with van der Waals surface area (Å²) in [5.74, 6) is -2.10. The summed E-state index contributed by atoms with van der Waals surface area (Å²) < 4.78 is 31.0. The van der Waals surface area contributed by atoms with Crippen molar-refractivity contribution in [2.75, 3.05) is 26.2 Å². The molecule has 0 N–H and O–H groups in total. The van der Waals surface area contributed by atoms with Gasteiger partial charge in [0.25, 0.3) is 5.91 Å². The van der Waals surface area contributed by atoms with Crippen LogP contribution in [0.25, 0.3) is 0 Å². The number of rotatable bonds is 4. The average Bonchev–Trinajstić information content (AvgIpc) is 2.76. The fraction of sp³-hybridized carbons (Fsp3) is 0.400. The molecule has 3 amide bonds. The van der Waals surface area contributed by atoms with Crippen LogP contribution in [0.1, 0.15) is 5.56 Å². The van der Waals surface area contributed by atoms with Gasteiger partial charge in [-0.05, 0) is 11.6 Å². The molecule has 6 nitrogen and oxygen atoms in total. The first-order valence-corrected chi connectivity index (χ1v) is 7.13. The van der Waals surface area contributed by atoms with Gasteiger partial charge in [-0.25, -0.2) is 18.5 Å². The molecule has 2 aliphatic heterocycles. The van der Waals surface area contributed by atoms with E-state index >= 15 is 0 Å². The highest BCUT2D eigenvalue weighted by molar-refractivity contribution is 5.97. The number of benzene rings is 1. The van der Waals surface area contributed by atoms with Gasteiger partial charge < -0.3 is 9.64 Å². The summed E-state index contributed by atoms with van der Waals surface area (Å²) in [5.41, 5.74) is 0.137. The first-order valence-electron chi connectivity index (χ1n) is 7.13. The molecule has 3 rings (SSSR count). The Labute approximate surface area is 130 Å². The van der Waals surface area contributed by atoms with Crippen LogP contribution in [0.5, 0.6) is 0 Å². The maximum absolute atomic E-state index is 13.5. The Morgan fingerprint density at radius 2 is 2.00 bits per heavy atom. The number of cyclic esters (lactones) is 1. The fourth-order valence-corrected chi connectivity index (χ4v) is 2.64. The van der Waals surface area contributed by atoms with E-state index in [4.69, 9.17) is 0 Å². The van der Waals surface area contributed by atoms with Gasteiger partial charge in [0.15, 0.2) is 6.61 Å². The van der Waals surface area contributed by atoms with Gasteiger partial charge in [-0.15, -0.1) is 0 Å². The molecule has 0 radical (unpaired) electrons. The van der Waals surface area contributed by atoms with E-state index in [-0.39, 0.29) is 42.9 Å². The molecular weight excluding hydrogens is 310 g/mol. The van der Waals surface area contributed by atoms with Crippen molar-refractivity contribution >= 4 is 17.9 Å². The van der Waals surface area contributed by atoms with Crippen molar-refractivity contribution in [2.24, 2.45) is 5.92 Å². The van der Waals surface area contributed by atoms with Crippen LogP contribution in [-0.4, -0.2) is 53.9 Å². The highest BCUT2D eigenvalue weighted by Gasteiger charge is 2.38. The third-order valence-corrected chi connectivity index (χ3v) is 3.95. The van der Waals surface area contributed by atoms with E-state index in [9.17, 15) is 23.2 Å². The van der Waals surface area contributed by atoms with Crippen LogP contribution in [0.3, 0.4) is 0 Å². The second-order valence-corrected chi connectivity index (χ2v) is 5.64. The third-order valence-electron chi connectivity index (χ3n) is 3.95. The van der Waals surface area contributed by atoms with Gasteiger partial charge in [0, 0.05) is 31.6 Å². The van der Waals surface area contributed by atoms with E-state index in [1.807, 2.05) is 0 Å². The molecule has 0 bridgehead atoms. The lowest BCUT2D eigenvalue weighted by molar-refractivity contribution is -0.137. The van der Waals surface area contributed by atoms with Crippen molar-refractivity contribution in [2.45, 2.75) is 6.42 Å². The molecule has 0 aliphatic carbocycles. The highest BCUT2D eigenvalue weighted by atomic mass is 19.1. The van der Waals surface area contributed by atoms with Crippen molar-refractivity contribution in [3.05, 3.63) is 35.4 Å². The van der Waals surface area contributed by atoms with E-state index in [0.717, 1.165) is 17.0 Å². The number of halogens is 2. The second-order valence-electron chi connectivity index (χ2n) is 5.64. The number of carbonyl (C=O) groups excluding carboxylic acids is 3. The zero-order chi connectivity index (χ0) is 16.6. The number of hydrogen-bond donors (Lipinski definition) is 0. The van der Waals surface area contributed by atoms with Gasteiger partial charge in [-0.3, -0.25) is 9.59 Å². The number of nitrogens with zero attached hydrogens (tertiary/aromatic N) is 2. The third kappa shape index (κ3) is 3.15. The Morgan fingerprint density at radius 1 is 1.26 bits per heavy atom. The normalized spacial score (nSPS) is 18.2. The van der Waals surface area contributed by atoms with Crippen LogP contribution in [-0.2, 0) is 20.7 Å². The number of imide groups is 1. The Bertz CT molecular complexity index is 657. The number of amides is 3. The quantitative estimate of drug-likeness (QED) is 0.827. The number of ether oxygens (including phenoxy) is 1. The van der Waals surface area contributed by atoms with Crippen LogP contribution in [0.4, 0.5) is 13.6 Å². The predicted octanol–water partition coefficient (Wildman–Crippen LogP) is 0.945. The molecule has 0 atom stereocenters.